The van der Waals surface area contributed by atoms with E-state index in [1.807, 2.05) is 0 Å². The van der Waals surface area contributed by atoms with E-state index in [-0.39, 0.29) is 53.0 Å². The molecule has 10 nitrogen and oxygen atoms in total. The summed E-state index contributed by atoms with van der Waals surface area (Å²) < 4.78 is 49.4. The average molecular weight is 571 g/mol. The summed E-state index contributed by atoms with van der Waals surface area (Å²) in [5, 5.41) is 9.15. The number of carboxylic acid groups (broad SMARTS) is 1. The van der Waals surface area contributed by atoms with Crippen LogP contribution in [0.3, 0.4) is 0 Å². The standard InChI is InChI=1S/C23H22ClF3N6O4S/c1-11-7-31(8-12(2)33(11)22(35)36)19-14-6-15(23(25,26)27)16(24)18-17(14)32(21(34)30-19)9-13(10-38-18)37-20-28-4-3-5-29-20/h3-6,11-13H,7-10H2,1-2H3,(H,35,36)/t11-,12+,13-/m0/s1. The van der Waals surface area contributed by atoms with Crippen LogP contribution in [0.4, 0.5) is 23.8 Å². The molecular formula is C23H22ClF3N6O4S. The molecule has 4 heterocycles. The van der Waals surface area contributed by atoms with Gasteiger partial charge in [0, 0.05) is 36.6 Å². The molecule has 0 unspecified atom stereocenters. The normalized spacial score (nSPS) is 21.9. The molecule has 5 rings (SSSR count). The van der Waals surface area contributed by atoms with Gasteiger partial charge < -0.3 is 14.7 Å². The van der Waals surface area contributed by atoms with Crippen LogP contribution in [-0.2, 0) is 12.7 Å². The number of hydrogen-bond acceptors (Lipinski definition) is 8. The Morgan fingerprint density at radius 1 is 1.18 bits per heavy atom. The van der Waals surface area contributed by atoms with Gasteiger partial charge in [0.15, 0.2) is 0 Å². The van der Waals surface area contributed by atoms with Gasteiger partial charge in [0.05, 0.1) is 39.6 Å². The van der Waals surface area contributed by atoms with Crippen molar-refractivity contribution in [2.24, 2.45) is 0 Å². The minimum atomic E-state index is -4.76. The third kappa shape index (κ3) is 4.70. The van der Waals surface area contributed by atoms with Crippen LogP contribution in [-0.4, -0.2) is 72.6 Å². The van der Waals surface area contributed by atoms with Crippen LogP contribution in [0.1, 0.15) is 19.4 Å². The maximum atomic E-state index is 14.1. The Morgan fingerprint density at radius 3 is 2.45 bits per heavy atom. The lowest BCUT2D eigenvalue weighted by molar-refractivity contribution is -0.137. The lowest BCUT2D eigenvalue weighted by Crippen LogP contribution is -2.58. The second-order valence-corrected chi connectivity index (χ2v) is 10.6. The molecule has 0 spiro atoms. The Kier molecular flexibility index (Phi) is 6.80. The fraction of sp³-hybridized carbons (Fsp3) is 0.435. The molecule has 2 aliphatic heterocycles. The molecule has 1 saturated heterocycles. The van der Waals surface area contributed by atoms with Gasteiger partial charge in [-0.3, -0.25) is 9.47 Å². The fourth-order valence-corrected chi connectivity index (χ4v) is 6.52. The minimum absolute atomic E-state index is 0.0117. The SMILES string of the molecule is C[C@@H]1CN(c2nc(=O)n3c4c(c(Cl)c(C(F)(F)F)cc24)SC[C@@H](Oc2ncccn2)C3)C[C@H](C)N1C(=O)O. The summed E-state index contributed by atoms with van der Waals surface area (Å²) in [5.41, 5.74) is -1.50. The third-order valence-electron chi connectivity index (χ3n) is 6.50. The van der Waals surface area contributed by atoms with Gasteiger partial charge in [0.2, 0.25) is 0 Å². The number of nitrogens with zero attached hydrogens (tertiary/aromatic N) is 6. The summed E-state index contributed by atoms with van der Waals surface area (Å²) in [6.07, 6.45) is -3.54. The van der Waals surface area contributed by atoms with Crippen LogP contribution < -0.4 is 15.3 Å². The van der Waals surface area contributed by atoms with Gasteiger partial charge in [-0.2, -0.15) is 18.2 Å². The summed E-state index contributed by atoms with van der Waals surface area (Å²) in [7, 11) is 0. The van der Waals surface area contributed by atoms with Gasteiger partial charge in [0.25, 0.3) is 0 Å². The highest BCUT2D eigenvalue weighted by molar-refractivity contribution is 7.99. The molecule has 2 aliphatic rings. The summed E-state index contributed by atoms with van der Waals surface area (Å²) in [6.45, 7) is 3.67. The average Bonchev–Trinajstić information content (AvgIpc) is 3.03. The van der Waals surface area contributed by atoms with Crippen molar-refractivity contribution in [3.63, 3.8) is 0 Å². The number of anilines is 1. The van der Waals surface area contributed by atoms with Gasteiger partial charge in [-0.1, -0.05) is 11.6 Å². The van der Waals surface area contributed by atoms with E-state index in [4.69, 9.17) is 16.3 Å². The first kappa shape index (κ1) is 26.4. The number of ether oxygens (including phenoxy) is 1. The first-order chi connectivity index (χ1) is 18.0. The number of halogens is 4. The molecule has 1 aromatic carbocycles. The molecular weight excluding hydrogens is 549 g/mol. The van der Waals surface area contributed by atoms with Crippen molar-refractivity contribution < 1.29 is 27.8 Å². The summed E-state index contributed by atoms with van der Waals surface area (Å²) in [5.74, 6) is 0.232. The lowest BCUT2D eigenvalue weighted by atomic mass is 10.1. The fourth-order valence-electron chi connectivity index (χ4n) is 4.99. The molecule has 38 heavy (non-hydrogen) atoms. The number of thioether (sulfide) groups is 1. The molecule has 2 aromatic heterocycles. The number of hydrogen-bond donors (Lipinski definition) is 1. The van der Waals surface area contributed by atoms with E-state index in [1.54, 1.807) is 24.8 Å². The van der Waals surface area contributed by atoms with Crippen molar-refractivity contribution >= 4 is 46.2 Å². The van der Waals surface area contributed by atoms with Crippen molar-refractivity contribution in [2.45, 2.75) is 49.7 Å². The first-order valence-electron chi connectivity index (χ1n) is 11.6. The summed E-state index contributed by atoms with van der Waals surface area (Å²) in [4.78, 5) is 40.3. The molecule has 1 amide bonds. The number of aromatic nitrogens is 4. The minimum Gasteiger partial charge on any atom is -0.465 e. The maximum Gasteiger partial charge on any atom is 0.417 e. The van der Waals surface area contributed by atoms with Gasteiger partial charge >= 0.3 is 24.0 Å². The van der Waals surface area contributed by atoms with Crippen molar-refractivity contribution in [3.05, 3.63) is 45.6 Å². The number of piperazine rings is 1. The monoisotopic (exact) mass is 570 g/mol. The molecule has 1 fully saturated rings. The zero-order valence-electron chi connectivity index (χ0n) is 20.1. The van der Waals surface area contributed by atoms with E-state index in [0.29, 0.717) is 0 Å². The van der Waals surface area contributed by atoms with Crippen LogP contribution >= 0.6 is 23.4 Å². The van der Waals surface area contributed by atoms with Gasteiger partial charge in [-0.25, -0.2) is 19.6 Å². The van der Waals surface area contributed by atoms with E-state index < -0.39 is 46.7 Å². The highest BCUT2D eigenvalue weighted by atomic mass is 35.5. The van der Waals surface area contributed by atoms with Crippen LogP contribution in [0, 0.1) is 0 Å². The van der Waals surface area contributed by atoms with Crippen LogP contribution in [0.2, 0.25) is 5.02 Å². The van der Waals surface area contributed by atoms with Crippen molar-refractivity contribution in [1.29, 1.82) is 0 Å². The van der Waals surface area contributed by atoms with Crippen LogP contribution in [0.15, 0.2) is 34.2 Å². The Balaban J connectivity index is 1.67. The van der Waals surface area contributed by atoms with Crippen LogP contribution in [0.25, 0.3) is 10.9 Å². The highest BCUT2D eigenvalue weighted by Gasteiger charge is 2.39. The lowest BCUT2D eigenvalue weighted by Gasteiger charge is -2.43. The predicted octanol–water partition coefficient (Wildman–Crippen LogP) is 3.99. The third-order valence-corrected chi connectivity index (χ3v) is 8.23. The number of benzene rings is 1. The molecule has 202 valence electrons. The molecule has 0 bridgehead atoms. The highest BCUT2D eigenvalue weighted by Crippen LogP contribution is 2.46. The van der Waals surface area contributed by atoms with Crippen molar-refractivity contribution in [1.82, 2.24) is 24.4 Å². The van der Waals surface area contributed by atoms with E-state index in [0.717, 1.165) is 17.8 Å². The molecule has 0 saturated carbocycles. The van der Waals surface area contributed by atoms with Gasteiger partial charge in [-0.15, -0.1) is 11.8 Å². The molecule has 0 aliphatic carbocycles. The zero-order valence-corrected chi connectivity index (χ0v) is 21.7. The van der Waals surface area contributed by atoms with E-state index in [9.17, 15) is 27.9 Å². The number of rotatable bonds is 3. The van der Waals surface area contributed by atoms with Gasteiger partial charge in [0.1, 0.15) is 11.9 Å². The Morgan fingerprint density at radius 2 is 1.84 bits per heavy atom. The Labute approximate surface area is 223 Å². The molecule has 3 atom stereocenters. The predicted molar refractivity (Wildman–Crippen MR) is 134 cm³/mol. The second kappa shape index (κ2) is 9.80. The van der Waals surface area contributed by atoms with Crippen molar-refractivity contribution in [2.75, 3.05) is 23.7 Å². The number of amides is 1. The zero-order chi connectivity index (χ0) is 27.4. The summed E-state index contributed by atoms with van der Waals surface area (Å²) in [6, 6.07) is 1.62. The Hall–Kier alpha value is -3.26. The Bertz CT molecular complexity index is 1450. The quantitative estimate of drug-likeness (QED) is 0.499. The van der Waals surface area contributed by atoms with Crippen LogP contribution in [0.5, 0.6) is 6.01 Å². The second-order valence-electron chi connectivity index (χ2n) is 9.16. The molecule has 1 N–H and O–H groups in total. The maximum absolute atomic E-state index is 14.1. The van der Waals surface area contributed by atoms with E-state index >= 15 is 0 Å². The topological polar surface area (TPSA) is 114 Å². The van der Waals surface area contributed by atoms with E-state index in [2.05, 4.69) is 15.0 Å². The molecule has 0 radical (unpaired) electrons. The largest absolute Gasteiger partial charge is 0.465 e. The smallest absolute Gasteiger partial charge is 0.417 e. The number of carbonyl (C=O) groups is 1. The molecule has 15 heteroatoms. The first-order valence-corrected chi connectivity index (χ1v) is 13.0. The number of alkyl halides is 3. The van der Waals surface area contributed by atoms with E-state index in [1.165, 1.54) is 21.9 Å². The summed E-state index contributed by atoms with van der Waals surface area (Å²) >= 11 is 7.37. The van der Waals surface area contributed by atoms with Gasteiger partial charge in [-0.05, 0) is 26.0 Å². The van der Waals surface area contributed by atoms with Crippen molar-refractivity contribution in [3.8, 4) is 6.01 Å². The molecule has 3 aromatic rings.